The number of hydrogen-bond donors (Lipinski definition) is 4. The van der Waals surface area contributed by atoms with Crippen LogP contribution >= 0.6 is 23.2 Å². The fourth-order valence-electron chi connectivity index (χ4n) is 4.20. The van der Waals surface area contributed by atoms with Gasteiger partial charge in [-0.15, -0.1) is 0 Å². The Morgan fingerprint density at radius 1 is 1.25 bits per heavy atom. The Morgan fingerprint density at radius 2 is 2.00 bits per heavy atom. The third kappa shape index (κ3) is 7.19. The third-order valence-corrected chi connectivity index (χ3v) is 6.86. The van der Waals surface area contributed by atoms with E-state index in [1.807, 2.05) is 32.0 Å². The van der Waals surface area contributed by atoms with E-state index < -0.39 is 0 Å². The molecule has 0 aliphatic carbocycles. The lowest BCUT2D eigenvalue weighted by Crippen LogP contribution is -2.53. The predicted octanol–water partition coefficient (Wildman–Crippen LogP) is 2.92. The van der Waals surface area contributed by atoms with Crippen LogP contribution in [-0.2, 0) is 4.79 Å². The number of benzene rings is 1. The second-order valence-electron chi connectivity index (χ2n) is 9.15. The molecule has 2 unspecified atom stereocenters. The van der Waals surface area contributed by atoms with Crippen LogP contribution in [-0.4, -0.2) is 84.5 Å². The van der Waals surface area contributed by atoms with Crippen molar-refractivity contribution < 1.29 is 4.79 Å². The van der Waals surface area contributed by atoms with Gasteiger partial charge in [-0.25, -0.2) is 9.88 Å². The van der Waals surface area contributed by atoms with Gasteiger partial charge in [-0.3, -0.25) is 10.2 Å². The molecule has 0 bridgehead atoms. The quantitative estimate of drug-likeness (QED) is 0.285. The number of anilines is 3. The highest BCUT2D eigenvalue weighted by Crippen LogP contribution is 2.31. The molecule has 196 valence electrons. The average Bonchev–Trinajstić information content (AvgIpc) is 2.80. The minimum atomic E-state index is -0.266. The molecule has 1 aromatic carbocycles. The summed E-state index contributed by atoms with van der Waals surface area (Å²) < 4.78 is 0. The van der Waals surface area contributed by atoms with Gasteiger partial charge >= 0.3 is 0 Å². The molecule has 2 heterocycles. The summed E-state index contributed by atoms with van der Waals surface area (Å²) in [5.74, 6) is 0.347. The first-order chi connectivity index (χ1) is 17.1. The topological polar surface area (TPSA) is 126 Å². The van der Waals surface area contributed by atoms with Gasteiger partial charge < -0.3 is 26.2 Å². The van der Waals surface area contributed by atoms with Crippen molar-refractivity contribution in [1.82, 2.24) is 25.1 Å². The molecule has 2 aromatic rings. The molecule has 12 heteroatoms. The highest BCUT2D eigenvalue weighted by atomic mass is 35.5. The number of guanidine groups is 1. The molecule has 5 N–H and O–H groups in total. The molecule has 0 saturated carbocycles. The van der Waals surface area contributed by atoms with Gasteiger partial charge in [0.25, 0.3) is 0 Å². The van der Waals surface area contributed by atoms with Crippen LogP contribution in [0.2, 0.25) is 10.0 Å². The van der Waals surface area contributed by atoms with E-state index in [4.69, 9.17) is 34.3 Å². The van der Waals surface area contributed by atoms with Crippen molar-refractivity contribution in [1.29, 1.82) is 5.41 Å². The summed E-state index contributed by atoms with van der Waals surface area (Å²) in [5, 5.41) is 15.4. The molecule has 1 amide bonds. The van der Waals surface area contributed by atoms with Crippen molar-refractivity contribution in [2.75, 3.05) is 57.0 Å². The van der Waals surface area contributed by atoms with E-state index in [9.17, 15) is 4.79 Å². The van der Waals surface area contributed by atoms with Crippen LogP contribution < -0.4 is 21.3 Å². The summed E-state index contributed by atoms with van der Waals surface area (Å²) in [4.78, 5) is 28.0. The second kappa shape index (κ2) is 12.5. The number of piperidine rings is 1. The maximum Gasteiger partial charge on any atom is 0.239 e. The van der Waals surface area contributed by atoms with E-state index >= 15 is 0 Å². The zero-order chi connectivity index (χ0) is 26.4. The number of rotatable bonds is 9. The van der Waals surface area contributed by atoms with Gasteiger partial charge in [0.2, 0.25) is 11.9 Å². The van der Waals surface area contributed by atoms with Crippen LogP contribution in [0.3, 0.4) is 0 Å². The van der Waals surface area contributed by atoms with Crippen molar-refractivity contribution >= 4 is 52.5 Å². The number of nitrogens with one attached hydrogen (secondary N) is 3. The Morgan fingerprint density at radius 3 is 2.64 bits per heavy atom. The summed E-state index contributed by atoms with van der Waals surface area (Å²) in [5.41, 5.74) is 7.11. The van der Waals surface area contributed by atoms with Gasteiger partial charge in [-0.1, -0.05) is 30.1 Å². The van der Waals surface area contributed by atoms with E-state index in [2.05, 4.69) is 32.4 Å². The highest BCUT2D eigenvalue weighted by molar-refractivity contribution is 6.42. The van der Waals surface area contributed by atoms with Crippen LogP contribution in [0.25, 0.3) is 0 Å². The lowest BCUT2D eigenvalue weighted by molar-refractivity contribution is -0.126. The number of hydrogen-bond acceptors (Lipinski definition) is 7. The van der Waals surface area contributed by atoms with E-state index in [0.29, 0.717) is 40.3 Å². The number of nitrogens with two attached hydrogens (primary N) is 1. The zero-order valence-corrected chi connectivity index (χ0v) is 22.7. The Hall–Kier alpha value is -2.66. The first kappa shape index (κ1) is 27.9. The zero-order valence-electron chi connectivity index (χ0n) is 21.2. The van der Waals surface area contributed by atoms with Gasteiger partial charge in [0.05, 0.1) is 27.7 Å². The Bertz CT molecular complexity index is 1080. The number of likely N-dealkylation sites (tertiary alicyclic amines) is 1. The maximum atomic E-state index is 13.1. The fraction of sp³-hybridized carbons (Fsp3) is 0.500. The van der Waals surface area contributed by atoms with E-state index in [1.165, 1.54) is 4.90 Å². The molecular formula is C24H35Cl2N9O. The number of likely N-dealkylation sites (N-methyl/N-ethyl adjacent to an activating group) is 2. The number of aryl methyl sites for hydroxylation is 1. The maximum absolute atomic E-state index is 13.1. The molecule has 0 radical (unpaired) electrons. The van der Waals surface area contributed by atoms with Gasteiger partial charge in [-0.2, -0.15) is 4.98 Å². The minimum absolute atomic E-state index is 0.0391. The number of aromatic nitrogens is 2. The summed E-state index contributed by atoms with van der Waals surface area (Å²) in [6.07, 6.45) is 0.749. The number of carbonyl (C=O) groups excluding carboxylic acids is 1. The van der Waals surface area contributed by atoms with Crippen LogP contribution in [0.15, 0.2) is 24.3 Å². The minimum Gasteiger partial charge on any atom is -0.369 e. The molecule has 0 spiro atoms. The molecule has 1 aliphatic rings. The van der Waals surface area contributed by atoms with Crippen LogP contribution in [0.1, 0.15) is 19.0 Å². The molecule has 1 saturated heterocycles. The molecular weight excluding hydrogens is 501 g/mol. The van der Waals surface area contributed by atoms with E-state index in [-0.39, 0.29) is 29.8 Å². The first-order valence-corrected chi connectivity index (χ1v) is 12.7. The number of halogens is 2. The predicted molar refractivity (Wildman–Crippen MR) is 146 cm³/mol. The van der Waals surface area contributed by atoms with Gasteiger partial charge in [-0.05, 0) is 58.7 Å². The smallest absolute Gasteiger partial charge is 0.239 e. The van der Waals surface area contributed by atoms with Gasteiger partial charge in [0, 0.05) is 31.4 Å². The Balaban J connectivity index is 1.87. The van der Waals surface area contributed by atoms with Crippen molar-refractivity contribution in [2.45, 2.75) is 26.3 Å². The Kier molecular flexibility index (Phi) is 9.72. The SMILES string of the molecule is CCN1CCC(C(=O)NCCN(C)C)C(Nc2cc(C)nc(N(C(=N)N)c3ccc(Cl)c(Cl)c3)n2)C1. The van der Waals surface area contributed by atoms with Crippen molar-refractivity contribution in [3.63, 3.8) is 0 Å². The summed E-state index contributed by atoms with van der Waals surface area (Å²) in [7, 11) is 3.96. The first-order valence-electron chi connectivity index (χ1n) is 11.9. The average molecular weight is 537 g/mol. The number of nitrogens with zero attached hydrogens (tertiary/aromatic N) is 5. The van der Waals surface area contributed by atoms with Crippen molar-refractivity contribution in [3.05, 3.63) is 40.0 Å². The van der Waals surface area contributed by atoms with Crippen LogP contribution in [0.4, 0.5) is 17.5 Å². The largest absolute Gasteiger partial charge is 0.369 e. The summed E-state index contributed by atoms with van der Waals surface area (Å²) >= 11 is 12.3. The molecule has 2 atom stereocenters. The summed E-state index contributed by atoms with van der Waals surface area (Å²) in [6.45, 7) is 7.81. The number of carbonyl (C=O) groups is 1. The lowest BCUT2D eigenvalue weighted by Gasteiger charge is -2.38. The van der Waals surface area contributed by atoms with Crippen LogP contribution in [0, 0.1) is 18.3 Å². The van der Waals surface area contributed by atoms with Gasteiger partial charge in [0.15, 0.2) is 5.96 Å². The van der Waals surface area contributed by atoms with Crippen LogP contribution in [0.5, 0.6) is 0 Å². The van der Waals surface area contributed by atoms with Crippen molar-refractivity contribution in [3.8, 4) is 0 Å². The summed E-state index contributed by atoms with van der Waals surface area (Å²) in [6, 6.07) is 6.62. The molecule has 36 heavy (non-hydrogen) atoms. The molecule has 3 rings (SSSR count). The normalized spacial score (nSPS) is 18.2. The number of amides is 1. The standard InChI is InChI=1S/C24H35Cl2N9O/c1-5-34-10-8-17(22(36)29-9-11-33(3)4)20(14-34)31-21-12-15(2)30-24(32-21)35(23(27)28)16-6-7-18(25)19(26)13-16/h6-7,12-13,17,20H,5,8-11,14H2,1-4H3,(H3,27,28)(H,29,36)(H,30,31,32). The lowest BCUT2D eigenvalue weighted by atomic mass is 9.90. The Labute approximate surface area is 222 Å². The van der Waals surface area contributed by atoms with E-state index in [1.54, 1.807) is 18.2 Å². The molecule has 1 fully saturated rings. The molecule has 1 aliphatic heterocycles. The molecule has 10 nitrogen and oxygen atoms in total. The van der Waals surface area contributed by atoms with E-state index in [0.717, 1.165) is 26.1 Å². The fourth-order valence-corrected chi connectivity index (χ4v) is 4.50. The monoisotopic (exact) mass is 535 g/mol. The highest BCUT2D eigenvalue weighted by Gasteiger charge is 2.34. The molecule has 1 aromatic heterocycles. The second-order valence-corrected chi connectivity index (χ2v) is 9.96. The van der Waals surface area contributed by atoms with Crippen molar-refractivity contribution in [2.24, 2.45) is 11.7 Å². The van der Waals surface area contributed by atoms with Gasteiger partial charge in [0.1, 0.15) is 5.82 Å². The third-order valence-electron chi connectivity index (χ3n) is 6.12.